The molecule has 0 radical (unpaired) electrons. The Morgan fingerprint density at radius 2 is 2.18 bits per heavy atom. The SMILES string of the molecule is COc1ccc(NC(=O)N(C)Cc2c(F)cccc2Cl)cn1. The predicted octanol–water partition coefficient (Wildman–Crippen LogP) is 3.55. The van der Waals surface area contributed by atoms with Crippen LogP contribution in [0.25, 0.3) is 0 Å². The zero-order chi connectivity index (χ0) is 16.1. The molecule has 2 amide bonds. The summed E-state index contributed by atoms with van der Waals surface area (Å²) in [5.41, 5.74) is 0.784. The second-order valence-corrected chi connectivity index (χ2v) is 4.98. The van der Waals surface area contributed by atoms with E-state index in [1.165, 1.54) is 30.3 Å². The van der Waals surface area contributed by atoms with Gasteiger partial charge in [-0.15, -0.1) is 0 Å². The van der Waals surface area contributed by atoms with E-state index in [-0.39, 0.29) is 17.1 Å². The van der Waals surface area contributed by atoms with Crippen LogP contribution in [-0.2, 0) is 6.54 Å². The summed E-state index contributed by atoms with van der Waals surface area (Å²) in [4.78, 5) is 17.4. The van der Waals surface area contributed by atoms with Crippen LogP contribution >= 0.6 is 11.6 Å². The molecule has 22 heavy (non-hydrogen) atoms. The third-order valence-corrected chi connectivity index (χ3v) is 3.35. The van der Waals surface area contributed by atoms with Gasteiger partial charge in [-0.3, -0.25) is 0 Å². The number of urea groups is 1. The molecule has 0 aliphatic carbocycles. The van der Waals surface area contributed by atoms with Crippen LogP contribution in [-0.4, -0.2) is 30.1 Å². The number of halogens is 2. The maximum absolute atomic E-state index is 13.7. The molecule has 1 heterocycles. The van der Waals surface area contributed by atoms with Crippen molar-refractivity contribution in [2.24, 2.45) is 0 Å². The summed E-state index contributed by atoms with van der Waals surface area (Å²) in [7, 11) is 3.06. The van der Waals surface area contributed by atoms with Crippen LogP contribution in [0.1, 0.15) is 5.56 Å². The highest BCUT2D eigenvalue weighted by Crippen LogP contribution is 2.20. The Kier molecular flexibility index (Phi) is 5.16. The van der Waals surface area contributed by atoms with Crippen LogP contribution in [0, 0.1) is 5.82 Å². The second kappa shape index (κ2) is 7.09. The smallest absolute Gasteiger partial charge is 0.321 e. The third kappa shape index (κ3) is 3.85. The van der Waals surface area contributed by atoms with Crippen molar-refractivity contribution >= 4 is 23.3 Å². The molecule has 2 aromatic rings. The number of ether oxygens (including phenoxy) is 1. The minimum absolute atomic E-state index is 0.0565. The maximum Gasteiger partial charge on any atom is 0.321 e. The van der Waals surface area contributed by atoms with Crippen molar-refractivity contribution in [2.45, 2.75) is 6.54 Å². The van der Waals surface area contributed by atoms with E-state index in [2.05, 4.69) is 10.3 Å². The summed E-state index contributed by atoms with van der Waals surface area (Å²) in [6, 6.07) is 7.30. The van der Waals surface area contributed by atoms with Crippen LogP contribution in [0.3, 0.4) is 0 Å². The largest absolute Gasteiger partial charge is 0.481 e. The van der Waals surface area contributed by atoms with Gasteiger partial charge in [-0.2, -0.15) is 0 Å². The van der Waals surface area contributed by atoms with E-state index >= 15 is 0 Å². The van der Waals surface area contributed by atoms with Gasteiger partial charge in [0, 0.05) is 23.7 Å². The van der Waals surface area contributed by atoms with E-state index in [1.807, 2.05) is 0 Å². The number of nitrogens with one attached hydrogen (secondary N) is 1. The predicted molar refractivity (Wildman–Crippen MR) is 82.7 cm³/mol. The Morgan fingerprint density at radius 3 is 2.77 bits per heavy atom. The van der Waals surface area contributed by atoms with Crippen molar-refractivity contribution in [1.29, 1.82) is 0 Å². The van der Waals surface area contributed by atoms with Gasteiger partial charge in [0.2, 0.25) is 5.88 Å². The fourth-order valence-electron chi connectivity index (χ4n) is 1.79. The molecule has 1 N–H and O–H groups in total. The minimum atomic E-state index is -0.446. The number of nitrogens with zero attached hydrogens (tertiary/aromatic N) is 2. The standard InChI is InChI=1S/C15H15ClFN3O2/c1-20(9-11-12(16)4-3-5-13(11)17)15(21)19-10-6-7-14(22-2)18-8-10/h3-8H,9H2,1-2H3,(H,19,21). The molecular weight excluding hydrogens is 309 g/mol. The van der Waals surface area contributed by atoms with E-state index in [4.69, 9.17) is 16.3 Å². The van der Waals surface area contributed by atoms with Crippen molar-refractivity contribution in [1.82, 2.24) is 9.88 Å². The van der Waals surface area contributed by atoms with Crippen LogP contribution in [0.2, 0.25) is 5.02 Å². The van der Waals surface area contributed by atoms with Crippen molar-refractivity contribution in [3.8, 4) is 5.88 Å². The number of aromatic nitrogens is 1. The summed E-state index contributed by atoms with van der Waals surface area (Å²) in [5, 5.41) is 2.94. The molecule has 5 nitrogen and oxygen atoms in total. The molecule has 0 bridgehead atoms. The average Bonchev–Trinajstić information content (AvgIpc) is 2.51. The lowest BCUT2D eigenvalue weighted by atomic mass is 10.2. The molecule has 0 unspecified atom stereocenters. The fraction of sp³-hybridized carbons (Fsp3) is 0.200. The lowest BCUT2D eigenvalue weighted by Crippen LogP contribution is -2.31. The van der Waals surface area contributed by atoms with Gasteiger partial charge in [0.05, 0.1) is 25.5 Å². The number of anilines is 1. The van der Waals surface area contributed by atoms with E-state index in [1.54, 1.807) is 25.2 Å². The molecule has 2 rings (SSSR count). The zero-order valence-electron chi connectivity index (χ0n) is 12.1. The number of amides is 2. The highest BCUT2D eigenvalue weighted by atomic mass is 35.5. The van der Waals surface area contributed by atoms with E-state index in [9.17, 15) is 9.18 Å². The summed E-state index contributed by atoms with van der Waals surface area (Å²) >= 11 is 5.95. The molecule has 0 aliphatic rings. The molecule has 0 fully saturated rings. The lowest BCUT2D eigenvalue weighted by Gasteiger charge is -2.19. The van der Waals surface area contributed by atoms with Crippen molar-refractivity contribution in [3.63, 3.8) is 0 Å². The number of carbonyl (C=O) groups excluding carboxylic acids is 1. The second-order valence-electron chi connectivity index (χ2n) is 4.58. The number of benzene rings is 1. The molecule has 116 valence electrons. The molecule has 1 aromatic carbocycles. The van der Waals surface area contributed by atoms with Crippen molar-refractivity contribution in [3.05, 3.63) is 52.9 Å². The van der Waals surface area contributed by atoms with Gasteiger partial charge in [0.25, 0.3) is 0 Å². The van der Waals surface area contributed by atoms with Crippen LogP contribution in [0.4, 0.5) is 14.9 Å². The number of rotatable bonds is 4. The summed E-state index contributed by atoms with van der Waals surface area (Å²) in [6.45, 7) is 0.0565. The van der Waals surface area contributed by atoms with Gasteiger partial charge in [0.15, 0.2) is 0 Å². The zero-order valence-corrected chi connectivity index (χ0v) is 12.9. The van der Waals surface area contributed by atoms with Gasteiger partial charge in [-0.05, 0) is 18.2 Å². The van der Waals surface area contributed by atoms with Crippen LogP contribution < -0.4 is 10.1 Å². The van der Waals surface area contributed by atoms with Crippen LogP contribution in [0.15, 0.2) is 36.5 Å². The van der Waals surface area contributed by atoms with Crippen LogP contribution in [0.5, 0.6) is 5.88 Å². The van der Waals surface area contributed by atoms with Gasteiger partial charge in [-0.25, -0.2) is 14.2 Å². The highest BCUT2D eigenvalue weighted by Gasteiger charge is 2.14. The first-order valence-electron chi connectivity index (χ1n) is 6.46. The Hall–Kier alpha value is -2.34. The summed E-state index contributed by atoms with van der Waals surface area (Å²) in [6.07, 6.45) is 1.47. The van der Waals surface area contributed by atoms with Gasteiger partial charge < -0.3 is 15.0 Å². The molecule has 0 saturated heterocycles. The first-order valence-corrected chi connectivity index (χ1v) is 6.84. The number of carbonyl (C=O) groups is 1. The fourth-order valence-corrected chi connectivity index (χ4v) is 2.01. The molecule has 1 aromatic heterocycles. The number of hydrogen-bond donors (Lipinski definition) is 1. The Morgan fingerprint density at radius 1 is 1.41 bits per heavy atom. The maximum atomic E-state index is 13.7. The quantitative estimate of drug-likeness (QED) is 0.936. The van der Waals surface area contributed by atoms with E-state index in [0.29, 0.717) is 11.6 Å². The highest BCUT2D eigenvalue weighted by molar-refractivity contribution is 6.31. The molecule has 0 atom stereocenters. The number of pyridine rings is 1. The molecule has 7 heteroatoms. The first kappa shape index (κ1) is 16.0. The third-order valence-electron chi connectivity index (χ3n) is 3.00. The van der Waals surface area contributed by atoms with E-state index < -0.39 is 11.8 Å². The molecule has 0 saturated carbocycles. The number of methoxy groups -OCH3 is 1. The summed E-state index contributed by atoms with van der Waals surface area (Å²) < 4.78 is 18.7. The molecular formula is C15H15ClFN3O2. The normalized spacial score (nSPS) is 10.2. The molecule has 0 aliphatic heterocycles. The Balaban J connectivity index is 2.02. The number of hydrogen-bond acceptors (Lipinski definition) is 3. The molecule has 0 spiro atoms. The lowest BCUT2D eigenvalue weighted by molar-refractivity contribution is 0.220. The first-order chi connectivity index (χ1) is 10.5. The van der Waals surface area contributed by atoms with Gasteiger partial charge in [-0.1, -0.05) is 17.7 Å². The average molecular weight is 324 g/mol. The topological polar surface area (TPSA) is 54.5 Å². The van der Waals surface area contributed by atoms with Crippen molar-refractivity contribution < 1.29 is 13.9 Å². The Labute approximate surface area is 132 Å². The monoisotopic (exact) mass is 323 g/mol. The van der Waals surface area contributed by atoms with Gasteiger partial charge in [0.1, 0.15) is 5.82 Å². The van der Waals surface area contributed by atoms with Crippen molar-refractivity contribution in [2.75, 3.05) is 19.5 Å². The Bertz CT molecular complexity index is 644. The van der Waals surface area contributed by atoms with Gasteiger partial charge >= 0.3 is 6.03 Å². The summed E-state index contributed by atoms with van der Waals surface area (Å²) in [5.74, 6) is 0.00255. The minimum Gasteiger partial charge on any atom is -0.481 e. The van der Waals surface area contributed by atoms with E-state index in [0.717, 1.165) is 0 Å².